The summed E-state index contributed by atoms with van der Waals surface area (Å²) in [6.07, 6.45) is 0. The molecule has 0 spiro atoms. The van der Waals surface area contributed by atoms with Crippen molar-refractivity contribution in [2.75, 3.05) is 0 Å². The summed E-state index contributed by atoms with van der Waals surface area (Å²) < 4.78 is 0. The first-order valence-electron chi connectivity index (χ1n) is 5.51. The third kappa shape index (κ3) is 2.27. The lowest BCUT2D eigenvalue weighted by Gasteiger charge is -2.18. The maximum Gasteiger partial charge on any atom is 0.377 e. The molecule has 1 N–H and O–H groups in total. The molecule has 0 atom stereocenters. The summed E-state index contributed by atoms with van der Waals surface area (Å²) in [5.74, 6) is -2.29. The number of ketones is 1. The molecular weight excluding hydrogens is 280 g/mol. The number of rotatable bonds is 2. The van der Waals surface area contributed by atoms with E-state index in [-0.39, 0.29) is 5.56 Å². The first-order valence-corrected chi connectivity index (χ1v) is 7.15. The highest BCUT2D eigenvalue weighted by Gasteiger charge is 2.20. The van der Waals surface area contributed by atoms with Crippen LogP contribution in [0.4, 0.5) is 0 Å². The van der Waals surface area contributed by atoms with Crippen LogP contribution in [0.15, 0.2) is 62.0 Å². The van der Waals surface area contributed by atoms with Crippen molar-refractivity contribution in [3.05, 3.63) is 48.0 Å². The normalized spacial score (nSPS) is 12.4. The van der Waals surface area contributed by atoms with E-state index in [1.54, 1.807) is 41.7 Å². The van der Waals surface area contributed by atoms with E-state index in [1.165, 1.54) is 4.90 Å². The molecule has 0 radical (unpaired) electrons. The fourth-order valence-electron chi connectivity index (χ4n) is 1.79. The smallest absolute Gasteiger partial charge is 0.377 e. The van der Waals surface area contributed by atoms with Gasteiger partial charge in [-0.25, -0.2) is 4.79 Å². The Hall–Kier alpha value is -1.72. The Kier molecular flexibility index (Phi) is 3.08. The van der Waals surface area contributed by atoms with Gasteiger partial charge in [0.05, 0.1) is 0 Å². The van der Waals surface area contributed by atoms with E-state index in [4.69, 9.17) is 5.11 Å². The van der Waals surface area contributed by atoms with E-state index in [1.807, 2.05) is 24.3 Å². The zero-order valence-corrected chi connectivity index (χ0v) is 11.3. The van der Waals surface area contributed by atoms with Gasteiger partial charge in [0.1, 0.15) is 0 Å². The van der Waals surface area contributed by atoms with Gasteiger partial charge in [-0.1, -0.05) is 35.7 Å². The minimum Gasteiger partial charge on any atom is -0.475 e. The highest BCUT2D eigenvalue weighted by molar-refractivity contribution is 8.05. The summed E-state index contributed by atoms with van der Waals surface area (Å²) in [7, 11) is 0. The standard InChI is InChI=1S/C14H8O3S2/c15-13(14(16)17)8-5-6-11-12(7-8)19-10-4-2-1-3-9(10)18-11/h1-7H,(H,16,17). The topological polar surface area (TPSA) is 54.4 Å². The Morgan fingerprint density at radius 3 is 2.05 bits per heavy atom. The van der Waals surface area contributed by atoms with E-state index < -0.39 is 11.8 Å². The minimum atomic E-state index is -1.42. The van der Waals surface area contributed by atoms with Crippen LogP contribution in [0.2, 0.25) is 0 Å². The number of fused-ring (bicyclic) bond motifs is 2. The van der Waals surface area contributed by atoms with Crippen molar-refractivity contribution in [2.24, 2.45) is 0 Å². The van der Waals surface area contributed by atoms with Crippen LogP contribution in [0.5, 0.6) is 0 Å². The van der Waals surface area contributed by atoms with Gasteiger partial charge in [0.2, 0.25) is 0 Å². The summed E-state index contributed by atoms with van der Waals surface area (Å²) >= 11 is 3.19. The molecule has 3 rings (SSSR count). The number of Topliss-reactive ketones (excluding diaryl/α,β-unsaturated/α-hetero) is 1. The second kappa shape index (κ2) is 4.75. The van der Waals surface area contributed by atoms with Crippen molar-refractivity contribution >= 4 is 35.3 Å². The van der Waals surface area contributed by atoms with Crippen molar-refractivity contribution in [1.29, 1.82) is 0 Å². The Morgan fingerprint density at radius 2 is 1.42 bits per heavy atom. The largest absolute Gasteiger partial charge is 0.475 e. The quantitative estimate of drug-likeness (QED) is 0.577. The molecule has 0 bridgehead atoms. The number of carboxylic acid groups (broad SMARTS) is 1. The van der Waals surface area contributed by atoms with Gasteiger partial charge in [-0.15, -0.1) is 0 Å². The third-order valence-electron chi connectivity index (χ3n) is 2.69. The Balaban J connectivity index is 2.01. The fraction of sp³-hybridized carbons (Fsp3) is 0. The van der Waals surface area contributed by atoms with Crippen molar-refractivity contribution in [1.82, 2.24) is 0 Å². The average Bonchev–Trinajstić information content (AvgIpc) is 2.43. The maximum atomic E-state index is 11.5. The van der Waals surface area contributed by atoms with Gasteiger partial charge >= 0.3 is 5.97 Å². The van der Waals surface area contributed by atoms with E-state index in [0.29, 0.717) is 0 Å². The number of carbonyl (C=O) groups is 2. The van der Waals surface area contributed by atoms with Gasteiger partial charge in [0.25, 0.3) is 5.78 Å². The molecule has 94 valence electrons. The molecule has 2 aromatic carbocycles. The highest BCUT2D eigenvalue weighted by atomic mass is 32.2. The van der Waals surface area contributed by atoms with Crippen LogP contribution in [0.1, 0.15) is 10.4 Å². The first kappa shape index (κ1) is 12.3. The Bertz CT molecular complexity index is 695. The third-order valence-corrected chi connectivity index (χ3v) is 5.23. The van der Waals surface area contributed by atoms with Crippen LogP contribution < -0.4 is 0 Å². The molecule has 2 aromatic rings. The first-order chi connectivity index (χ1) is 9.15. The number of aliphatic carboxylic acids is 1. The molecule has 1 heterocycles. The molecule has 19 heavy (non-hydrogen) atoms. The van der Waals surface area contributed by atoms with Crippen LogP contribution in [-0.2, 0) is 4.79 Å². The van der Waals surface area contributed by atoms with Crippen LogP contribution in [0.25, 0.3) is 0 Å². The SMILES string of the molecule is O=C(O)C(=O)c1ccc2c(c1)Sc1ccccc1S2. The van der Waals surface area contributed by atoms with Gasteiger partial charge in [0, 0.05) is 25.1 Å². The predicted octanol–water partition coefficient (Wildman–Crippen LogP) is 3.57. The second-order valence-corrected chi connectivity index (χ2v) is 6.11. The average molecular weight is 288 g/mol. The maximum absolute atomic E-state index is 11.5. The van der Waals surface area contributed by atoms with E-state index in [9.17, 15) is 9.59 Å². The number of carbonyl (C=O) groups excluding carboxylic acids is 1. The van der Waals surface area contributed by atoms with Gasteiger partial charge in [0.15, 0.2) is 0 Å². The van der Waals surface area contributed by atoms with Crippen LogP contribution in [0, 0.1) is 0 Å². The molecule has 0 aromatic heterocycles. The van der Waals surface area contributed by atoms with Gasteiger partial charge in [-0.3, -0.25) is 4.79 Å². The minimum absolute atomic E-state index is 0.221. The highest BCUT2D eigenvalue weighted by Crippen LogP contribution is 2.48. The summed E-state index contributed by atoms with van der Waals surface area (Å²) in [4.78, 5) is 26.4. The van der Waals surface area contributed by atoms with Crippen LogP contribution >= 0.6 is 23.5 Å². The molecular formula is C14H8O3S2. The van der Waals surface area contributed by atoms with Gasteiger partial charge in [-0.2, -0.15) is 0 Å². The Labute approximate surface area is 118 Å². The summed E-state index contributed by atoms with van der Waals surface area (Å²) in [6, 6.07) is 13.0. The second-order valence-electron chi connectivity index (χ2n) is 3.95. The van der Waals surface area contributed by atoms with Crippen molar-refractivity contribution < 1.29 is 14.7 Å². The van der Waals surface area contributed by atoms with E-state index in [2.05, 4.69) is 0 Å². The fourth-order valence-corrected chi connectivity index (χ4v) is 4.05. The lowest BCUT2D eigenvalue weighted by Crippen LogP contribution is -2.12. The lowest BCUT2D eigenvalue weighted by molar-refractivity contribution is -0.131. The molecule has 0 unspecified atom stereocenters. The lowest BCUT2D eigenvalue weighted by atomic mass is 10.1. The molecule has 3 nitrogen and oxygen atoms in total. The van der Waals surface area contributed by atoms with Crippen LogP contribution in [-0.4, -0.2) is 16.9 Å². The van der Waals surface area contributed by atoms with E-state index >= 15 is 0 Å². The molecule has 5 heteroatoms. The zero-order valence-electron chi connectivity index (χ0n) is 9.62. The summed E-state index contributed by atoms with van der Waals surface area (Å²) in [5, 5.41) is 8.74. The van der Waals surface area contributed by atoms with Gasteiger partial charge < -0.3 is 5.11 Å². The molecule has 0 fully saturated rings. The number of benzene rings is 2. The summed E-state index contributed by atoms with van der Waals surface area (Å²) in [5.41, 5.74) is 0.221. The Morgan fingerprint density at radius 1 is 0.842 bits per heavy atom. The molecule has 0 aliphatic carbocycles. The molecule has 0 amide bonds. The molecule has 0 saturated heterocycles. The van der Waals surface area contributed by atoms with Gasteiger partial charge in [-0.05, 0) is 30.3 Å². The molecule has 1 aliphatic rings. The monoisotopic (exact) mass is 288 g/mol. The molecule has 0 saturated carbocycles. The molecule has 1 aliphatic heterocycles. The summed E-state index contributed by atoms with van der Waals surface area (Å²) in [6.45, 7) is 0. The number of hydrogen-bond acceptors (Lipinski definition) is 4. The number of hydrogen-bond donors (Lipinski definition) is 1. The van der Waals surface area contributed by atoms with Crippen molar-refractivity contribution in [3.8, 4) is 0 Å². The van der Waals surface area contributed by atoms with Crippen molar-refractivity contribution in [3.63, 3.8) is 0 Å². The zero-order chi connectivity index (χ0) is 13.4. The number of carboxylic acids is 1. The predicted molar refractivity (Wildman–Crippen MR) is 73.1 cm³/mol. The van der Waals surface area contributed by atoms with Crippen LogP contribution in [0.3, 0.4) is 0 Å². The van der Waals surface area contributed by atoms with Crippen molar-refractivity contribution in [2.45, 2.75) is 19.6 Å². The van der Waals surface area contributed by atoms with E-state index in [0.717, 1.165) is 14.7 Å².